The minimum Gasteiger partial charge on any atom is -0.494 e. The van der Waals surface area contributed by atoms with Crippen LogP contribution in [0, 0.1) is 5.92 Å². The average Bonchev–Trinajstić information content (AvgIpc) is 3.22. The molecule has 4 rings (SSSR count). The number of carbonyl (C=O) groups is 2. The van der Waals surface area contributed by atoms with Crippen molar-refractivity contribution in [2.75, 3.05) is 6.61 Å². The van der Waals surface area contributed by atoms with Gasteiger partial charge in [-0.15, -0.1) is 5.10 Å². The summed E-state index contributed by atoms with van der Waals surface area (Å²) in [7, 11) is 0. The third-order valence-corrected chi connectivity index (χ3v) is 6.36. The maximum Gasteiger partial charge on any atom is 0.352 e. The Morgan fingerprint density at radius 3 is 2.32 bits per heavy atom. The van der Waals surface area contributed by atoms with Crippen LogP contribution >= 0.6 is 0 Å². The SMILES string of the molecule is CCOc1ccc(C(=O)Cn2nc3n(CC(C)C)c(=O)c4ccc(C(=O)NC(C)CC)cc4n3c2=O)cc1. The van der Waals surface area contributed by atoms with Gasteiger partial charge in [0, 0.05) is 23.7 Å². The summed E-state index contributed by atoms with van der Waals surface area (Å²) in [5.41, 5.74) is 0.119. The number of amides is 1. The highest BCUT2D eigenvalue weighted by Gasteiger charge is 2.21. The minimum atomic E-state index is -0.568. The van der Waals surface area contributed by atoms with Crippen molar-refractivity contribution in [2.24, 2.45) is 5.92 Å². The van der Waals surface area contributed by atoms with E-state index in [9.17, 15) is 19.2 Å². The Bertz CT molecular complexity index is 1610. The lowest BCUT2D eigenvalue weighted by Gasteiger charge is -2.14. The zero-order chi connectivity index (χ0) is 27.6. The quantitative estimate of drug-likeness (QED) is 0.322. The molecule has 0 bridgehead atoms. The van der Waals surface area contributed by atoms with Crippen molar-refractivity contribution in [3.63, 3.8) is 0 Å². The summed E-state index contributed by atoms with van der Waals surface area (Å²) in [5.74, 6) is 0.257. The second-order valence-corrected chi connectivity index (χ2v) is 9.78. The van der Waals surface area contributed by atoms with Crippen LogP contribution in [0.1, 0.15) is 61.8 Å². The second-order valence-electron chi connectivity index (χ2n) is 9.78. The molecule has 10 heteroatoms. The maximum absolute atomic E-state index is 13.6. The lowest BCUT2D eigenvalue weighted by Crippen LogP contribution is -2.32. The van der Waals surface area contributed by atoms with Gasteiger partial charge in [-0.05, 0) is 68.7 Å². The molecule has 0 aliphatic carbocycles. The van der Waals surface area contributed by atoms with Crippen LogP contribution in [0.4, 0.5) is 0 Å². The van der Waals surface area contributed by atoms with E-state index in [0.717, 1.165) is 11.1 Å². The molecule has 1 N–H and O–H groups in total. The molecule has 1 amide bonds. The summed E-state index contributed by atoms with van der Waals surface area (Å²) in [6, 6.07) is 11.3. The zero-order valence-electron chi connectivity index (χ0n) is 22.4. The van der Waals surface area contributed by atoms with Crippen LogP contribution in [0.5, 0.6) is 5.75 Å². The first-order valence-corrected chi connectivity index (χ1v) is 12.9. The fraction of sp³-hybridized carbons (Fsp3) is 0.393. The number of fused-ring (bicyclic) bond motifs is 3. The van der Waals surface area contributed by atoms with Gasteiger partial charge in [-0.1, -0.05) is 20.8 Å². The van der Waals surface area contributed by atoms with Crippen LogP contribution < -0.4 is 21.3 Å². The van der Waals surface area contributed by atoms with Crippen molar-refractivity contribution in [2.45, 2.75) is 60.2 Å². The highest BCUT2D eigenvalue weighted by atomic mass is 16.5. The van der Waals surface area contributed by atoms with Crippen LogP contribution in [0.15, 0.2) is 52.1 Å². The third-order valence-electron chi connectivity index (χ3n) is 6.36. The molecule has 0 fully saturated rings. The van der Waals surface area contributed by atoms with Gasteiger partial charge in [0.15, 0.2) is 5.78 Å². The Hall–Kier alpha value is -4.21. The van der Waals surface area contributed by atoms with Crippen molar-refractivity contribution in [3.8, 4) is 5.75 Å². The van der Waals surface area contributed by atoms with Crippen LogP contribution in [0.2, 0.25) is 0 Å². The lowest BCUT2D eigenvalue weighted by atomic mass is 10.1. The number of Topliss-reactive ketones (excluding diaryl/α,β-unsaturated/α-hetero) is 1. The van der Waals surface area contributed by atoms with E-state index in [2.05, 4.69) is 10.4 Å². The summed E-state index contributed by atoms with van der Waals surface area (Å²) >= 11 is 0. The molecular formula is C28H33N5O5. The molecule has 0 spiro atoms. The molecule has 2 heterocycles. The standard InChI is InChI=1S/C28H33N5O5/c1-6-18(5)29-25(35)20-10-13-22-23(14-20)33-27(31(26(22)36)15-17(3)4)30-32(28(33)37)16-24(34)19-8-11-21(12-9-19)38-7-2/h8-14,17-18H,6-7,15-16H2,1-5H3,(H,29,35). The number of hydrogen-bond acceptors (Lipinski definition) is 6. The van der Waals surface area contributed by atoms with E-state index in [4.69, 9.17) is 4.74 Å². The van der Waals surface area contributed by atoms with Crippen molar-refractivity contribution in [1.29, 1.82) is 0 Å². The van der Waals surface area contributed by atoms with Gasteiger partial charge in [0.25, 0.3) is 11.5 Å². The third kappa shape index (κ3) is 5.25. The predicted molar refractivity (Wildman–Crippen MR) is 145 cm³/mol. The van der Waals surface area contributed by atoms with Crippen molar-refractivity contribution >= 4 is 28.4 Å². The number of benzene rings is 2. The van der Waals surface area contributed by atoms with Gasteiger partial charge >= 0.3 is 5.69 Å². The molecule has 10 nitrogen and oxygen atoms in total. The molecule has 4 aromatic rings. The number of hydrogen-bond donors (Lipinski definition) is 1. The first-order chi connectivity index (χ1) is 18.1. The summed E-state index contributed by atoms with van der Waals surface area (Å²) in [6.07, 6.45) is 0.762. The van der Waals surface area contributed by atoms with E-state index in [1.54, 1.807) is 36.4 Å². The molecule has 0 saturated heterocycles. The Kier molecular flexibility index (Phi) is 7.80. The van der Waals surface area contributed by atoms with Gasteiger partial charge in [0.2, 0.25) is 5.78 Å². The maximum atomic E-state index is 13.6. The smallest absolute Gasteiger partial charge is 0.352 e. The van der Waals surface area contributed by atoms with Gasteiger partial charge in [-0.2, -0.15) is 0 Å². The van der Waals surface area contributed by atoms with Gasteiger partial charge in [-0.25, -0.2) is 13.9 Å². The fourth-order valence-electron chi connectivity index (χ4n) is 4.23. The zero-order valence-corrected chi connectivity index (χ0v) is 22.4. The Labute approximate surface area is 219 Å². The molecule has 38 heavy (non-hydrogen) atoms. The van der Waals surface area contributed by atoms with E-state index >= 15 is 0 Å². The van der Waals surface area contributed by atoms with Crippen molar-refractivity contribution in [3.05, 3.63) is 74.4 Å². The summed E-state index contributed by atoms with van der Waals surface area (Å²) < 4.78 is 9.25. The Balaban J connectivity index is 1.84. The number of aromatic nitrogens is 4. The molecule has 0 saturated carbocycles. The van der Waals surface area contributed by atoms with Gasteiger partial charge in [-0.3, -0.25) is 19.0 Å². The molecule has 2 aromatic heterocycles. The van der Waals surface area contributed by atoms with E-state index in [1.165, 1.54) is 15.0 Å². The van der Waals surface area contributed by atoms with Gasteiger partial charge in [0.05, 0.1) is 17.5 Å². The molecule has 0 aliphatic heterocycles. The highest BCUT2D eigenvalue weighted by Crippen LogP contribution is 2.16. The molecule has 1 unspecified atom stereocenters. The molecular weight excluding hydrogens is 486 g/mol. The average molecular weight is 520 g/mol. The number of ketones is 1. The fourth-order valence-corrected chi connectivity index (χ4v) is 4.23. The van der Waals surface area contributed by atoms with Crippen molar-refractivity contribution in [1.82, 2.24) is 24.1 Å². The number of nitrogens with one attached hydrogen (secondary N) is 1. The number of ether oxygens (including phenoxy) is 1. The summed E-state index contributed by atoms with van der Waals surface area (Å²) in [6.45, 7) is 10.2. The highest BCUT2D eigenvalue weighted by molar-refractivity contribution is 5.98. The second kappa shape index (κ2) is 11.0. The van der Waals surface area contributed by atoms with Crippen LogP contribution in [0.3, 0.4) is 0 Å². The van der Waals surface area contributed by atoms with Gasteiger partial charge in [0.1, 0.15) is 12.3 Å². The summed E-state index contributed by atoms with van der Waals surface area (Å²) in [5, 5.41) is 7.60. The van der Waals surface area contributed by atoms with Crippen LogP contribution in [-0.2, 0) is 13.1 Å². The van der Waals surface area contributed by atoms with Crippen LogP contribution in [-0.4, -0.2) is 43.1 Å². The summed E-state index contributed by atoms with van der Waals surface area (Å²) in [4.78, 5) is 52.8. The van der Waals surface area contributed by atoms with E-state index in [1.807, 2.05) is 34.6 Å². The predicted octanol–water partition coefficient (Wildman–Crippen LogP) is 3.28. The molecule has 200 valence electrons. The normalized spacial score (nSPS) is 12.3. The molecule has 1 atom stereocenters. The number of rotatable bonds is 10. The number of carbonyl (C=O) groups excluding carboxylic acids is 2. The van der Waals surface area contributed by atoms with E-state index in [-0.39, 0.29) is 52.4 Å². The van der Waals surface area contributed by atoms with E-state index < -0.39 is 5.69 Å². The Morgan fingerprint density at radius 2 is 1.68 bits per heavy atom. The minimum absolute atomic E-state index is 0.0312. The first-order valence-electron chi connectivity index (χ1n) is 12.9. The van der Waals surface area contributed by atoms with E-state index in [0.29, 0.717) is 30.0 Å². The topological polar surface area (TPSA) is 117 Å². The van der Waals surface area contributed by atoms with Crippen molar-refractivity contribution < 1.29 is 14.3 Å². The number of nitrogens with zero attached hydrogens (tertiary/aromatic N) is 4. The largest absolute Gasteiger partial charge is 0.494 e. The monoisotopic (exact) mass is 519 g/mol. The Morgan fingerprint density at radius 1 is 1.00 bits per heavy atom. The molecule has 0 aliphatic rings. The molecule has 0 radical (unpaired) electrons. The van der Waals surface area contributed by atoms with Crippen LogP contribution in [0.25, 0.3) is 16.7 Å². The van der Waals surface area contributed by atoms with Gasteiger partial charge < -0.3 is 10.1 Å². The first kappa shape index (κ1) is 26.8. The lowest BCUT2D eigenvalue weighted by molar-refractivity contribution is 0.0937. The molecule has 2 aromatic carbocycles.